The second-order valence-electron chi connectivity index (χ2n) is 5.42. The van der Waals surface area contributed by atoms with Crippen molar-refractivity contribution in [3.05, 3.63) is 29.8 Å². The number of carboxylic acid groups (broad SMARTS) is 1. The van der Waals surface area contributed by atoms with E-state index in [9.17, 15) is 9.59 Å². The van der Waals surface area contributed by atoms with Crippen LogP contribution in [0, 0.1) is 17.2 Å². The molecule has 0 aliphatic carbocycles. The van der Waals surface area contributed by atoms with Gasteiger partial charge in [-0.3, -0.25) is 4.79 Å². The van der Waals surface area contributed by atoms with Gasteiger partial charge in [-0.1, -0.05) is 0 Å². The van der Waals surface area contributed by atoms with Gasteiger partial charge in [0.15, 0.2) is 0 Å². The lowest BCUT2D eigenvalue weighted by molar-refractivity contribution is -0.121. The highest BCUT2D eigenvalue weighted by molar-refractivity contribution is 5.94. The monoisotopic (exact) mass is 301 g/mol. The SMILES string of the molecule is N#CCCN1CCCC(C(=O)Nc2ccc(C(=O)O)cc2)C1. The highest BCUT2D eigenvalue weighted by Gasteiger charge is 2.25. The topological polar surface area (TPSA) is 93.4 Å². The number of nitrogens with one attached hydrogen (secondary N) is 1. The fraction of sp³-hybridized carbons (Fsp3) is 0.438. The zero-order valence-corrected chi connectivity index (χ0v) is 12.3. The van der Waals surface area contributed by atoms with Crippen molar-refractivity contribution in [2.45, 2.75) is 19.3 Å². The molecule has 22 heavy (non-hydrogen) atoms. The molecule has 0 bridgehead atoms. The van der Waals surface area contributed by atoms with Crippen LogP contribution in [0.3, 0.4) is 0 Å². The number of carboxylic acids is 1. The molecule has 1 aliphatic heterocycles. The van der Waals surface area contributed by atoms with Crippen molar-refractivity contribution in [2.24, 2.45) is 5.92 Å². The third-order valence-electron chi connectivity index (χ3n) is 3.82. The first-order chi connectivity index (χ1) is 10.6. The van der Waals surface area contributed by atoms with Crippen molar-refractivity contribution in [1.29, 1.82) is 5.26 Å². The van der Waals surface area contributed by atoms with Gasteiger partial charge in [0.05, 0.1) is 17.6 Å². The van der Waals surface area contributed by atoms with Crippen molar-refractivity contribution < 1.29 is 14.7 Å². The van der Waals surface area contributed by atoms with Crippen LogP contribution < -0.4 is 5.32 Å². The maximum Gasteiger partial charge on any atom is 0.335 e. The van der Waals surface area contributed by atoms with Crippen LogP contribution in [0.4, 0.5) is 5.69 Å². The highest BCUT2D eigenvalue weighted by Crippen LogP contribution is 2.19. The van der Waals surface area contributed by atoms with Gasteiger partial charge in [-0.25, -0.2) is 4.79 Å². The summed E-state index contributed by atoms with van der Waals surface area (Å²) in [5.74, 6) is -1.13. The van der Waals surface area contributed by atoms with Crippen LogP contribution in [0.15, 0.2) is 24.3 Å². The van der Waals surface area contributed by atoms with Gasteiger partial charge in [0, 0.05) is 25.2 Å². The third-order valence-corrected chi connectivity index (χ3v) is 3.82. The molecular formula is C16H19N3O3. The molecule has 0 radical (unpaired) electrons. The molecule has 1 saturated heterocycles. The lowest BCUT2D eigenvalue weighted by atomic mass is 9.97. The van der Waals surface area contributed by atoms with Crippen molar-refractivity contribution in [3.63, 3.8) is 0 Å². The molecule has 0 saturated carbocycles. The van der Waals surface area contributed by atoms with Gasteiger partial charge < -0.3 is 15.3 Å². The molecule has 0 aromatic heterocycles. The quantitative estimate of drug-likeness (QED) is 0.867. The average molecular weight is 301 g/mol. The Morgan fingerprint density at radius 3 is 2.73 bits per heavy atom. The van der Waals surface area contributed by atoms with E-state index in [4.69, 9.17) is 10.4 Å². The number of hydrogen-bond donors (Lipinski definition) is 2. The largest absolute Gasteiger partial charge is 0.478 e. The van der Waals surface area contributed by atoms with Gasteiger partial charge in [-0.05, 0) is 43.7 Å². The van der Waals surface area contributed by atoms with Crippen molar-refractivity contribution in [2.75, 3.05) is 25.0 Å². The standard InChI is InChI=1S/C16H19N3O3/c17-8-2-10-19-9-1-3-13(11-19)15(20)18-14-6-4-12(5-7-14)16(21)22/h4-7,13H,1-3,9-11H2,(H,18,20)(H,21,22). The maximum atomic E-state index is 12.3. The molecule has 1 aromatic carbocycles. The van der Waals surface area contributed by atoms with Gasteiger partial charge in [0.1, 0.15) is 0 Å². The lowest BCUT2D eigenvalue weighted by Crippen LogP contribution is -2.41. The molecule has 1 unspecified atom stereocenters. The molecule has 1 aromatic rings. The minimum absolute atomic E-state index is 0.0512. The van der Waals surface area contributed by atoms with E-state index in [-0.39, 0.29) is 17.4 Å². The summed E-state index contributed by atoms with van der Waals surface area (Å²) in [7, 11) is 0. The number of rotatable bonds is 5. The fourth-order valence-corrected chi connectivity index (χ4v) is 2.62. The number of aromatic carboxylic acids is 1. The number of likely N-dealkylation sites (tertiary alicyclic amines) is 1. The van der Waals surface area contributed by atoms with Crippen molar-refractivity contribution in [3.8, 4) is 6.07 Å². The molecule has 116 valence electrons. The van der Waals surface area contributed by atoms with Crippen LogP contribution in [-0.2, 0) is 4.79 Å². The molecule has 1 aliphatic rings. The summed E-state index contributed by atoms with van der Waals surface area (Å²) in [6.45, 7) is 2.30. The molecule has 1 heterocycles. The number of piperidine rings is 1. The van der Waals surface area contributed by atoms with E-state index in [1.165, 1.54) is 12.1 Å². The van der Waals surface area contributed by atoms with Gasteiger partial charge >= 0.3 is 5.97 Å². The summed E-state index contributed by atoms with van der Waals surface area (Å²) in [6, 6.07) is 8.25. The minimum Gasteiger partial charge on any atom is -0.478 e. The number of anilines is 1. The molecule has 2 rings (SSSR count). The van der Waals surface area contributed by atoms with E-state index >= 15 is 0 Å². The van der Waals surface area contributed by atoms with Crippen LogP contribution >= 0.6 is 0 Å². The number of carbonyl (C=O) groups is 2. The predicted octanol–water partition coefficient (Wildman–Crippen LogP) is 1.95. The summed E-state index contributed by atoms with van der Waals surface area (Å²) in [5, 5.41) is 20.3. The summed E-state index contributed by atoms with van der Waals surface area (Å²) in [4.78, 5) is 25.2. The van der Waals surface area contributed by atoms with E-state index in [2.05, 4.69) is 16.3 Å². The Labute approximate surface area is 129 Å². The van der Waals surface area contributed by atoms with Crippen LogP contribution in [-0.4, -0.2) is 41.5 Å². The smallest absolute Gasteiger partial charge is 0.335 e. The Balaban J connectivity index is 1.91. The summed E-state index contributed by atoms with van der Waals surface area (Å²) >= 11 is 0. The number of carbonyl (C=O) groups excluding carboxylic acids is 1. The number of hydrogen-bond acceptors (Lipinski definition) is 4. The Morgan fingerprint density at radius 1 is 1.36 bits per heavy atom. The van der Waals surface area contributed by atoms with Gasteiger partial charge in [-0.2, -0.15) is 5.26 Å². The van der Waals surface area contributed by atoms with E-state index in [0.29, 0.717) is 25.2 Å². The molecule has 6 nitrogen and oxygen atoms in total. The first kappa shape index (κ1) is 16.0. The first-order valence-corrected chi connectivity index (χ1v) is 7.33. The highest BCUT2D eigenvalue weighted by atomic mass is 16.4. The van der Waals surface area contributed by atoms with E-state index in [0.717, 1.165) is 19.4 Å². The molecule has 2 N–H and O–H groups in total. The number of benzene rings is 1. The maximum absolute atomic E-state index is 12.3. The van der Waals surface area contributed by atoms with Crippen LogP contribution in [0.25, 0.3) is 0 Å². The van der Waals surface area contributed by atoms with E-state index in [1.807, 2.05) is 0 Å². The zero-order valence-electron chi connectivity index (χ0n) is 12.3. The first-order valence-electron chi connectivity index (χ1n) is 7.33. The molecule has 0 spiro atoms. The Morgan fingerprint density at radius 2 is 2.09 bits per heavy atom. The minimum atomic E-state index is -0.988. The Bertz CT molecular complexity index is 577. The van der Waals surface area contributed by atoms with Crippen LogP contribution in [0.1, 0.15) is 29.6 Å². The number of nitriles is 1. The molecule has 1 amide bonds. The Kier molecular flexibility index (Phi) is 5.50. The van der Waals surface area contributed by atoms with Crippen molar-refractivity contribution >= 4 is 17.6 Å². The van der Waals surface area contributed by atoms with E-state index in [1.54, 1.807) is 12.1 Å². The van der Waals surface area contributed by atoms with Gasteiger partial charge in [-0.15, -0.1) is 0 Å². The molecule has 1 atom stereocenters. The van der Waals surface area contributed by atoms with Crippen molar-refractivity contribution in [1.82, 2.24) is 4.90 Å². The number of amides is 1. The van der Waals surface area contributed by atoms with Crippen LogP contribution in [0.5, 0.6) is 0 Å². The molecule has 6 heteroatoms. The predicted molar refractivity (Wildman–Crippen MR) is 81.4 cm³/mol. The summed E-state index contributed by atoms with van der Waals surface area (Å²) in [5.41, 5.74) is 0.794. The summed E-state index contributed by atoms with van der Waals surface area (Å²) in [6.07, 6.45) is 2.26. The lowest BCUT2D eigenvalue weighted by Gasteiger charge is -2.31. The second-order valence-corrected chi connectivity index (χ2v) is 5.42. The zero-order chi connectivity index (χ0) is 15.9. The Hall–Kier alpha value is -2.39. The van der Waals surface area contributed by atoms with Crippen LogP contribution in [0.2, 0.25) is 0 Å². The van der Waals surface area contributed by atoms with Gasteiger partial charge in [0.25, 0.3) is 0 Å². The van der Waals surface area contributed by atoms with Gasteiger partial charge in [0.2, 0.25) is 5.91 Å². The number of nitrogens with zero attached hydrogens (tertiary/aromatic N) is 2. The normalized spacial score (nSPS) is 18.4. The fourth-order valence-electron chi connectivity index (χ4n) is 2.62. The second kappa shape index (κ2) is 7.57. The average Bonchev–Trinajstić information content (AvgIpc) is 2.53. The summed E-state index contributed by atoms with van der Waals surface area (Å²) < 4.78 is 0. The third kappa shape index (κ3) is 4.30. The van der Waals surface area contributed by atoms with E-state index < -0.39 is 5.97 Å². The molecule has 1 fully saturated rings. The molecular weight excluding hydrogens is 282 g/mol.